The number of aromatic amines is 1. The summed E-state index contributed by atoms with van der Waals surface area (Å²) in [6.07, 6.45) is 9.45. The summed E-state index contributed by atoms with van der Waals surface area (Å²) in [6, 6.07) is 10.7. The van der Waals surface area contributed by atoms with E-state index in [1.54, 1.807) is 37.6 Å². The van der Waals surface area contributed by atoms with E-state index in [1.807, 2.05) is 30.4 Å². The molecule has 4 rings (SSSR count). The second-order valence-electron chi connectivity index (χ2n) is 6.03. The zero-order valence-corrected chi connectivity index (χ0v) is 14.1. The highest BCUT2D eigenvalue weighted by atomic mass is 16.5. The summed E-state index contributed by atoms with van der Waals surface area (Å²) < 4.78 is 11.2. The van der Waals surface area contributed by atoms with E-state index in [9.17, 15) is 4.79 Å². The summed E-state index contributed by atoms with van der Waals surface area (Å²) in [5.41, 5.74) is 4.91. The average molecular weight is 347 g/mol. The van der Waals surface area contributed by atoms with E-state index in [4.69, 9.17) is 14.6 Å². The molecule has 1 unspecified atom stereocenters. The first-order chi connectivity index (χ1) is 12.7. The maximum Gasteiger partial charge on any atom is 0.335 e. The van der Waals surface area contributed by atoms with Crippen LogP contribution in [0.15, 0.2) is 78.3 Å². The molecule has 1 aromatic heterocycles. The van der Waals surface area contributed by atoms with Gasteiger partial charge in [0.1, 0.15) is 18.1 Å². The van der Waals surface area contributed by atoms with Crippen molar-refractivity contribution in [3.63, 3.8) is 0 Å². The number of hydrogen-bond acceptors (Lipinski definition) is 3. The number of fused-ring (bicyclic) bond motifs is 1. The molecule has 1 aliphatic heterocycles. The number of hydrogen-bond donors (Lipinski definition) is 2. The SMILES string of the molecule is COC1C=CC=C2OC=C(c3ccc(-c4ccc(C(=O)O)cc4)[nH]3)C=C21. The normalized spacial score (nSPS) is 18.3. The van der Waals surface area contributed by atoms with Crippen molar-refractivity contribution < 1.29 is 19.4 Å². The van der Waals surface area contributed by atoms with Crippen molar-refractivity contribution in [3.8, 4) is 11.3 Å². The molecule has 2 aromatic rings. The van der Waals surface area contributed by atoms with Crippen LogP contribution in [-0.4, -0.2) is 29.3 Å². The van der Waals surface area contributed by atoms with Crippen LogP contribution in [0, 0.1) is 0 Å². The Bertz CT molecular complexity index is 974. The first kappa shape index (κ1) is 16.2. The Balaban J connectivity index is 1.61. The Labute approximate surface area is 150 Å². The Morgan fingerprint density at radius 2 is 1.92 bits per heavy atom. The summed E-state index contributed by atoms with van der Waals surface area (Å²) in [5.74, 6) is -0.142. The van der Waals surface area contributed by atoms with E-state index in [0.717, 1.165) is 33.9 Å². The number of carboxylic acid groups (broad SMARTS) is 1. The van der Waals surface area contributed by atoms with Gasteiger partial charge in [-0.15, -0.1) is 0 Å². The third-order valence-corrected chi connectivity index (χ3v) is 4.44. The van der Waals surface area contributed by atoms with Crippen molar-refractivity contribution in [1.29, 1.82) is 0 Å². The predicted molar refractivity (Wildman–Crippen MR) is 98.4 cm³/mol. The molecule has 2 heterocycles. The quantitative estimate of drug-likeness (QED) is 0.872. The van der Waals surface area contributed by atoms with Crippen LogP contribution in [0.5, 0.6) is 0 Å². The molecule has 0 saturated carbocycles. The number of ether oxygens (including phenoxy) is 2. The Hall–Kier alpha value is -3.31. The summed E-state index contributed by atoms with van der Waals surface area (Å²) in [4.78, 5) is 14.3. The minimum absolute atomic E-state index is 0.128. The molecule has 0 fully saturated rings. The lowest BCUT2D eigenvalue weighted by Crippen LogP contribution is -2.17. The van der Waals surface area contributed by atoms with Crippen LogP contribution in [0.1, 0.15) is 16.1 Å². The summed E-state index contributed by atoms with van der Waals surface area (Å²) >= 11 is 0. The number of methoxy groups -OCH3 is 1. The van der Waals surface area contributed by atoms with Crippen molar-refractivity contribution in [2.24, 2.45) is 0 Å². The number of benzene rings is 1. The van der Waals surface area contributed by atoms with E-state index in [1.165, 1.54) is 0 Å². The number of carboxylic acids is 1. The molecule has 1 atom stereocenters. The summed E-state index contributed by atoms with van der Waals surface area (Å²) in [5, 5.41) is 9.00. The van der Waals surface area contributed by atoms with Gasteiger partial charge in [-0.25, -0.2) is 4.79 Å². The molecule has 0 amide bonds. The molecule has 0 saturated heterocycles. The van der Waals surface area contributed by atoms with Crippen LogP contribution < -0.4 is 0 Å². The van der Waals surface area contributed by atoms with Crippen LogP contribution in [0.3, 0.4) is 0 Å². The maximum atomic E-state index is 11.0. The molecule has 1 aliphatic carbocycles. The molecule has 5 heteroatoms. The molecular weight excluding hydrogens is 330 g/mol. The van der Waals surface area contributed by atoms with Crippen molar-refractivity contribution >= 4 is 11.5 Å². The van der Waals surface area contributed by atoms with Crippen molar-refractivity contribution in [2.45, 2.75) is 6.10 Å². The lowest BCUT2D eigenvalue weighted by atomic mass is 9.97. The lowest BCUT2D eigenvalue weighted by Gasteiger charge is -2.24. The van der Waals surface area contributed by atoms with Crippen molar-refractivity contribution in [2.75, 3.05) is 7.11 Å². The fourth-order valence-corrected chi connectivity index (χ4v) is 3.04. The molecule has 26 heavy (non-hydrogen) atoms. The van der Waals surface area contributed by atoms with E-state index >= 15 is 0 Å². The standard InChI is InChI=1S/C21H17NO4/c1-25-19-3-2-4-20-16(19)11-15(12-26-20)18-10-9-17(22-18)13-5-7-14(8-6-13)21(23)24/h2-12,19,22H,1H3,(H,23,24). The highest BCUT2D eigenvalue weighted by Gasteiger charge is 2.23. The van der Waals surface area contributed by atoms with Gasteiger partial charge in [-0.05, 0) is 42.0 Å². The summed E-state index contributed by atoms with van der Waals surface area (Å²) in [7, 11) is 1.67. The average Bonchev–Trinajstić information content (AvgIpc) is 3.17. The number of nitrogens with one attached hydrogen (secondary N) is 1. The minimum atomic E-state index is -0.932. The van der Waals surface area contributed by atoms with Gasteiger partial charge in [0.25, 0.3) is 0 Å². The van der Waals surface area contributed by atoms with Gasteiger partial charge >= 0.3 is 5.97 Å². The molecule has 0 radical (unpaired) electrons. The molecule has 1 aromatic carbocycles. The van der Waals surface area contributed by atoms with Gasteiger partial charge in [0, 0.05) is 29.6 Å². The molecule has 0 bridgehead atoms. The first-order valence-electron chi connectivity index (χ1n) is 8.19. The van der Waals surface area contributed by atoms with Crippen LogP contribution >= 0.6 is 0 Å². The lowest BCUT2D eigenvalue weighted by molar-refractivity contribution is 0.0697. The van der Waals surface area contributed by atoms with Gasteiger partial charge in [0.05, 0.1) is 5.56 Å². The first-order valence-corrected chi connectivity index (χ1v) is 8.19. The zero-order valence-electron chi connectivity index (χ0n) is 14.1. The Morgan fingerprint density at radius 1 is 1.15 bits per heavy atom. The third kappa shape index (κ3) is 2.89. The summed E-state index contributed by atoms with van der Waals surface area (Å²) in [6.45, 7) is 0. The third-order valence-electron chi connectivity index (χ3n) is 4.44. The number of aromatic carboxylic acids is 1. The van der Waals surface area contributed by atoms with Crippen LogP contribution in [-0.2, 0) is 9.47 Å². The highest BCUT2D eigenvalue weighted by Crippen LogP contribution is 2.33. The molecule has 0 spiro atoms. The molecule has 130 valence electrons. The zero-order chi connectivity index (χ0) is 18.1. The topological polar surface area (TPSA) is 71.6 Å². The smallest absolute Gasteiger partial charge is 0.335 e. The van der Waals surface area contributed by atoms with Gasteiger partial charge < -0.3 is 19.6 Å². The fourth-order valence-electron chi connectivity index (χ4n) is 3.04. The van der Waals surface area contributed by atoms with E-state index in [0.29, 0.717) is 0 Å². The Kier molecular flexibility index (Phi) is 4.07. The molecular formula is C21H17NO4. The van der Waals surface area contributed by atoms with Gasteiger partial charge in [0.15, 0.2) is 0 Å². The predicted octanol–water partition coefficient (Wildman–Crippen LogP) is 4.15. The maximum absolute atomic E-state index is 11.0. The Morgan fingerprint density at radius 3 is 2.65 bits per heavy atom. The molecule has 2 N–H and O–H groups in total. The van der Waals surface area contributed by atoms with Crippen LogP contribution in [0.2, 0.25) is 0 Å². The van der Waals surface area contributed by atoms with Gasteiger partial charge in [-0.1, -0.05) is 24.3 Å². The number of carbonyl (C=O) groups is 1. The van der Waals surface area contributed by atoms with E-state index < -0.39 is 5.97 Å². The fraction of sp³-hybridized carbons (Fsp3) is 0.0952. The number of rotatable bonds is 4. The van der Waals surface area contributed by atoms with E-state index in [-0.39, 0.29) is 11.7 Å². The van der Waals surface area contributed by atoms with Crippen LogP contribution in [0.4, 0.5) is 0 Å². The van der Waals surface area contributed by atoms with Gasteiger partial charge in [-0.3, -0.25) is 0 Å². The number of aromatic nitrogens is 1. The monoisotopic (exact) mass is 347 g/mol. The number of allylic oxidation sites excluding steroid dienone is 4. The van der Waals surface area contributed by atoms with Crippen molar-refractivity contribution in [1.82, 2.24) is 4.98 Å². The van der Waals surface area contributed by atoms with Crippen LogP contribution in [0.25, 0.3) is 16.8 Å². The molecule has 5 nitrogen and oxygen atoms in total. The largest absolute Gasteiger partial charge is 0.478 e. The minimum Gasteiger partial charge on any atom is -0.478 e. The number of H-pyrrole nitrogens is 1. The molecule has 2 aliphatic rings. The highest BCUT2D eigenvalue weighted by molar-refractivity contribution is 5.88. The second-order valence-corrected chi connectivity index (χ2v) is 6.03. The van der Waals surface area contributed by atoms with Crippen molar-refractivity contribution in [3.05, 3.63) is 89.6 Å². The van der Waals surface area contributed by atoms with Gasteiger partial charge in [-0.2, -0.15) is 0 Å². The van der Waals surface area contributed by atoms with Gasteiger partial charge in [0.2, 0.25) is 0 Å². The van der Waals surface area contributed by atoms with E-state index in [2.05, 4.69) is 11.1 Å². The second kappa shape index (κ2) is 6.54.